The third kappa shape index (κ3) is 3.67. The number of hydrogen-bond donors (Lipinski definition) is 3. The van der Waals surface area contributed by atoms with Crippen molar-refractivity contribution in [3.8, 4) is 11.3 Å². The minimum Gasteiger partial charge on any atom is -0.382 e. The number of carbonyl (C=O) groups is 2. The number of aromatic nitrogens is 2. The molecule has 1 heterocycles. The van der Waals surface area contributed by atoms with E-state index >= 15 is 0 Å². The van der Waals surface area contributed by atoms with Gasteiger partial charge in [-0.05, 0) is 36.1 Å². The predicted molar refractivity (Wildman–Crippen MR) is 110 cm³/mol. The van der Waals surface area contributed by atoms with Crippen LogP contribution in [-0.2, 0) is 6.42 Å². The maximum Gasteiger partial charge on any atom is 0.273 e. The fraction of sp³-hybridized carbons (Fsp3) is 0.182. The Bertz CT molecular complexity index is 1100. The van der Waals surface area contributed by atoms with E-state index in [1.54, 1.807) is 18.2 Å². The Morgan fingerprint density at radius 3 is 2.76 bits per heavy atom. The molecular weight excluding hydrogens is 366 g/mol. The Kier molecular flexibility index (Phi) is 4.95. The Hall–Kier alpha value is -3.74. The summed E-state index contributed by atoms with van der Waals surface area (Å²) in [6, 6.07) is 15.3. The molecule has 7 heteroatoms. The molecule has 1 aliphatic rings. The Morgan fingerprint density at radius 1 is 1.10 bits per heavy atom. The number of nitrogens with two attached hydrogens (primary N) is 1. The molecule has 146 valence electrons. The van der Waals surface area contributed by atoms with E-state index in [0.717, 1.165) is 12.8 Å². The van der Waals surface area contributed by atoms with Crippen LogP contribution in [0.1, 0.15) is 44.4 Å². The zero-order valence-corrected chi connectivity index (χ0v) is 16.0. The Balaban J connectivity index is 1.58. The number of amides is 2. The van der Waals surface area contributed by atoms with Crippen LogP contribution >= 0.6 is 0 Å². The minimum atomic E-state index is -0.411. The number of fused-ring (bicyclic) bond motifs is 1. The fourth-order valence-electron chi connectivity index (χ4n) is 3.59. The van der Waals surface area contributed by atoms with E-state index in [9.17, 15) is 9.59 Å². The number of benzene rings is 2. The van der Waals surface area contributed by atoms with E-state index in [0.29, 0.717) is 16.8 Å². The highest BCUT2D eigenvalue weighted by molar-refractivity contribution is 5.97. The van der Waals surface area contributed by atoms with E-state index in [-0.39, 0.29) is 23.5 Å². The highest BCUT2D eigenvalue weighted by Crippen LogP contribution is 2.31. The summed E-state index contributed by atoms with van der Waals surface area (Å²) < 4.78 is 0. The molecule has 0 saturated heterocycles. The third-order valence-electron chi connectivity index (χ3n) is 5.10. The summed E-state index contributed by atoms with van der Waals surface area (Å²) in [4.78, 5) is 33.1. The van der Waals surface area contributed by atoms with Gasteiger partial charge in [-0.25, -0.2) is 9.97 Å². The van der Waals surface area contributed by atoms with Gasteiger partial charge in [0.05, 0.1) is 17.9 Å². The maximum absolute atomic E-state index is 12.8. The Morgan fingerprint density at radius 2 is 1.93 bits per heavy atom. The van der Waals surface area contributed by atoms with E-state index in [1.807, 2.05) is 18.2 Å². The monoisotopic (exact) mass is 387 g/mol. The van der Waals surface area contributed by atoms with Crippen molar-refractivity contribution in [3.63, 3.8) is 0 Å². The van der Waals surface area contributed by atoms with Crippen molar-refractivity contribution in [2.45, 2.75) is 18.9 Å². The van der Waals surface area contributed by atoms with Crippen molar-refractivity contribution in [1.82, 2.24) is 20.6 Å². The molecule has 0 fully saturated rings. The average molecular weight is 387 g/mol. The number of nitrogens with one attached hydrogen (secondary N) is 2. The van der Waals surface area contributed by atoms with Crippen molar-refractivity contribution in [2.75, 3.05) is 12.8 Å². The van der Waals surface area contributed by atoms with Gasteiger partial charge in [0.15, 0.2) is 11.5 Å². The van der Waals surface area contributed by atoms with Crippen molar-refractivity contribution in [3.05, 3.63) is 77.1 Å². The van der Waals surface area contributed by atoms with Crippen LogP contribution in [0.3, 0.4) is 0 Å². The average Bonchev–Trinajstić information content (AvgIpc) is 3.16. The number of carbonyl (C=O) groups excluding carboxylic acids is 2. The lowest BCUT2D eigenvalue weighted by Crippen LogP contribution is -2.27. The second-order valence-electron chi connectivity index (χ2n) is 6.91. The van der Waals surface area contributed by atoms with Gasteiger partial charge in [-0.1, -0.05) is 36.4 Å². The molecule has 29 heavy (non-hydrogen) atoms. The highest BCUT2D eigenvalue weighted by atomic mass is 16.2. The molecule has 0 spiro atoms. The molecule has 0 aliphatic heterocycles. The van der Waals surface area contributed by atoms with Crippen molar-refractivity contribution in [1.29, 1.82) is 0 Å². The summed E-state index contributed by atoms with van der Waals surface area (Å²) >= 11 is 0. The number of hydrogen-bond acceptors (Lipinski definition) is 5. The van der Waals surface area contributed by atoms with Crippen LogP contribution in [0, 0.1) is 0 Å². The van der Waals surface area contributed by atoms with Crippen molar-refractivity contribution < 1.29 is 9.59 Å². The molecule has 2 aromatic carbocycles. The first-order chi connectivity index (χ1) is 14.1. The third-order valence-corrected chi connectivity index (χ3v) is 5.10. The molecule has 0 unspecified atom stereocenters. The highest BCUT2D eigenvalue weighted by Gasteiger charge is 2.24. The van der Waals surface area contributed by atoms with E-state index in [4.69, 9.17) is 5.73 Å². The Labute approximate surface area is 168 Å². The maximum atomic E-state index is 12.8. The molecular formula is C22H21N5O2. The van der Waals surface area contributed by atoms with E-state index in [2.05, 4.69) is 32.7 Å². The van der Waals surface area contributed by atoms with Gasteiger partial charge in [0.1, 0.15) is 0 Å². The number of rotatable bonds is 4. The zero-order valence-electron chi connectivity index (χ0n) is 16.0. The standard InChI is InChI=1S/C22H21N5O2/c1-24-22(29)19-20(23)25-12-18(26-19)14-6-4-7-15(11-14)21(28)27-17-10-9-13-5-2-3-8-16(13)17/h2-8,11-12,17H,9-10H2,1H3,(H2,23,25)(H,24,29)(H,27,28)/t17-/m0/s1. The molecule has 7 nitrogen and oxygen atoms in total. The number of nitrogen functional groups attached to an aromatic ring is 1. The fourth-order valence-corrected chi connectivity index (χ4v) is 3.59. The van der Waals surface area contributed by atoms with Crippen molar-refractivity contribution >= 4 is 17.6 Å². The van der Waals surface area contributed by atoms with Gasteiger partial charge in [0, 0.05) is 18.2 Å². The topological polar surface area (TPSA) is 110 Å². The van der Waals surface area contributed by atoms with Gasteiger partial charge < -0.3 is 16.4 Å². The lowest BCUT2D eigenvalue weighted by atomic mass is 10.1. The minimum absolute atomic E-state index is 0.0125. The van der Waals surface area contributed by atoms with Crippen LogP contribution in [0.2, 0.25) is 0 Å². The molecule has 4 N–H and O–H groups in total. The quantitative estimate of drug-likeness (QED) is 0.637. The number of nitrogens with zero attached hydrogens (tertiary/aromatic N) is 2. The molecule has 1 atom stereocenters. The van der Waals surface area contributed by atoms with Gasteiger partial charge >= 0.3 is 0 Å². The first kappa shape index (κ1) is 18.6. The second kappa shape index (κ2) is 7.71. The normalized spacial score (nSPS) is 14.9. The number of aryl methyl sites for hydroxylation is 1. The molecule has 1 aromatic heterocycles. The van der Waals surface area contributed by atoms with Gasteiger partial charge in [-0.2, -0.15) is 0 Å². The molecule has 2 amide bonds. The molecule has 3 aromatic rings. The van der Waals surface area contributed by atoms with Crippen LogP contribution in [0.4, 0.5) is 5.82 Å². The van der Waals surface area contributed by atoms with Gasteiger partial charge in [0.25, 0.3) is 11.8 Å². The summed E-state index contributed by atoms with van der Waals surface area (Å²) in [6.07, 6.45) is 3.35. The molecule has 1 aliphatic carbocycles. The summed E-state index contributed by atoms with van der Waals surface area (Å²) in [5.41, 5.74) is 9.95. The smallest absolute Gasteiger partial charge is 0.273 e. The molecule has 4 rings (SSSR count). The molecule has 0 bridgehead atoms. The van der Waals surface area contributed by atoms with Crippen LogP contribution in [0.25, 0.3) is 11.3 Å². The summed E-state index contributed by atoms with van der Waals surface area (Å²) in [7, 11) is 1.50. The SMILES string of the molecule is CNC(=O)c1nc(-c2cccc(C(=O)N[C@H]3CCc4ccccc43)c2)cnc1N. The molecule has 0 saturated carbocycles. The summed E-state index contributed by atoms with van der Waals surface area (Å²) in [5, 5.41) is 5.61. The largest absolute Gasteiger partial charge is 0.382 e. The molecule has 0 radical (unpaired) electrons. The lowest BCUT2D eigenvalue weighted by molar-refractivity contribution is 0.0934. The number of anilines is 1. The van der Waals surface area contributed by atoms with Gasteiger partial charge in [-0.3, -0.25) is 9.59 Å². The van der Waals surface area contributed by atoms with Gasteiger partial charge in [-0.15, -0.1) is 0 Å². The summed E-state index contributed by atoms with van der Waals surface area (Å²) in [6.45, 7) is 0. The van der Waals surface area contributed by atoms with E-state index < -0.39 is 5.91 Å². The first-order valence-corrected chi connectivity index (χ1v) is 9.40. The van der Waals surface area contributed by atoms with E-state index in [1.165, 1.54) is 24.4 Å². The lowest BCUT2D eigenvalue weighted by Gasteiger charge is -2.14. The summed E-state index contributed by atoms with van der Waals surface area (Å²) in [5.74, 6) is -0.504. The first-order valence-electron chi connectivity index (χ1n) is 9.40. The van der Waals surface area contributed by atoms with Gasteiger partial charge in [0.2, 0.25) is 0 Å². The van der Waals surface area contributed by atoms with Crippen molar-refractivity contribution in [2.24, 2.45) is 0 Å². The van der Waals surface area contributed by atoms with Crippen LogP contribution in [-0.4, -0.2) is 28.8 Å². The van der Waals surface area contributed by atoms with Crippen LogP contribution < -0.4 is 16.4 Å². The zero-order chi connectivity index (χ0) is 20.4. The predicted octanol–water partition coefficient (Wildman–Crippen LogP) is 2.50. The second-order valence-corrected chi connectivity index (χ2v) is 6.91. The van der Waals surface area contributed by atoms with Crippen LogP contribution in [0.15, 0.2) is 54.7 Å². The van der Waals surface area contributed by atoms with Crippen LogP contribution in [0.5, 0.6) is 0 Å².